The van der Waals surface area contributed by atoms with Gasteiger partial charge in [0.05, 0.1) is 10.6 Å². The third-order valence-electron chi connectivity index (χ3n) is 3.15. The molecule has 2 aromatic rings. The number of carboxylic acids is 1. The smallest absolute Gasteiger partial charge is 0.307 e. The second-order valence-electron chi connectivity index (χ2n) is 4.23. The van der Waals surface area contributed by atoms with Gasteiger partial charge in [-0.05, 0) is 35.6 Å². The zero-order chi connectivity index (χ0) is 11.8. The minimum atomic E-state index is -0.722. The molecule has 5 nitrogen and oxygen atoms in total. The molecule has 88 valence electrons. The van der Waals surface area contributed by atoms with Crippen LogP contribution in [0.1, 0.15) is 18.0 Å². The van der Waals surface area contributed by atoms with Crippen molar-refractivity contribution in [3.63, 3.8) is 0 Å². The van der Waals surface area contributed by atoms with Crippen molar-refractivity contribution < 1.29 is 9.90 Å². The Kier molecular flexibility index (Phi) is 2.53. The minimum Gasteiger partial charge on any atom is -0.481 e. The SMILES string of the molecule is O=C(O)C1CNC(c2ccc3nnsc3c2)C1. The standard InChI is InChI=1S/C11H11N3O2S/c15-11(16)7-3-9(12-5-7)6-1-2-8-10(4-6)17-14-13-8/h1-2,4,7,9,12H,3,5H2,(H,15,16). The average molecular weight is 249 g/mol. The average Bonchev–Trinajstić information content (AvgIpc) is 2.97. The maximum absolute atomic E-state index is 10.9. The van der Waals surface area contributed by atoms with Crippen LogP contribution < -0.4 is 5.32 Å². The molecule has 2 atom stereocenters. The Morgan fingerprint density at radius 2 is 2.41 bits per heavy atom. The summed E-state index contributed by atoms with van der Waals surface area (Å²) in [5.41, 5.74) is 2.01. The molecule has 0 radical (unpaired) electrons. The van der Waals surface area contributed by atoms with Gasteiger partial charge < -0.3 is 10.4 Å². The quantitative estimate of drug-likeness (QED) is 0.842. The van der Waals surface area contributed by atoms with Gasteiger partial charge in [0.2, 0.25) is 0 Å². The molecule has 1 aromatic carbocycles. The van der Waals surface area contributed by atoms with Crippen molar-refractivity contribution in [1.29, 1.82) is 0 Å². The highest BCUT2D eigenvalue weighted by Crippen LogP contribution is 2.29. The zero-order valence-electron chi connectivity index (χ0n) is 8.96. The van der Waals surface area contributed by atoms with Gasteiger partial charge in [-0.25, -0.2) is 0 Å². The first-order chi connectivity index (χ1) is 8.24. The molecule has 0 aliphatic carbocycles. The van der Waals surface area contributed by atoms with E-state index in [0.29, 0.717) is 13.0 Å². The number of nitrogens with one attached hydrogen (secondary N) is 1. The number of benzene rings is 1. The van der Waals surface area contributed by atoms with Crippen LogP contribution in [-0.2, 0) is 4.79 Å². The summed E-state index contributed by atoms with van der Waals surface area (Å²) < 4.78 is 4.93. The number of aromatic nitrogens is 2. The number of hydrogen-bond donors (Lipinski definition) is 2. The Bertz CT molecular complexity index is 569. The molecule has 0 spiro atoms. The van der Waals surface area contributed by atoms with E-state index in [9.17, 15) is 4.79 Å². The molecule has 1 aliphatic heterocycles. The van der Waals surface area contributed by atoms with Crippen molar-refractivity contribution in [2.45, 2.75) is 12.5 Å². The highest BCUT2D eigenvalue weighted by atomic mass is 32.1. The van der Waals surface area contributed by atoms with E-state index in [2.05, 4.69) is 14.9 Å². The van der Waals surface area contributed by atoms with E-state index in [4.69, 9.17) is 5.11 Å². The fourth-order valence-electron chi connectivity index (χ4n) is 2.19. The predicted octanol–water partition coefficient (Wildman–Crippen LogP) is 1.43. The monoisotopic (exact) mass is 249 g/mol. The fraction of sp³-hybridized carbons (Fsp3) is 0.364. The molecular weight excluding hydrogens is 238 g/mol. The van der Waals surface area contributed by atoms with Crippen LogP contribution in [0.5, 0.6) is 0 Å². The maximum atomic E-state index is 10.9. The number of aliphatic carboxylic acids is 1. The number of hydrogen-bond acceptors (Lipinski definition) is 5. The van der Waals surface area contributed by atoms with Crippen molar-refractivity contribution in [1.82, 2.24) is 14.9 Å². The van der Waals surface area contributed by atoms with Crippen molar-refractivity contribution in [2.24, 2.45) is 5.92 Å². The van der Waals surface area contributed by atoms with E-state index in [-0.39, 0.29) is 12.0 Å². The first-order valence-corrected chi connectivity index (χ1v) is 6.19. The van der Waals surface area contributed by atoms with Crippen LogP contribution in [0.3, 0.4) is 0 Å². The van der Waals surface area contributed by atoms with Crippen molar-refractivity contribution in [3.05, 3.63) is 23.8 Å². The summed E-state index contributed by atoms with van der Waals surface area (Å²) in [5.74, 6) is -1.00. The summed E-state index contributed by atoms with van der Waals surface area (Å²) in [5, 5.41) is 16.2. The lowest BCUT2D eigenvalue weighted by Crippen LogP contribution is -2.17. The van der Waals surface area contributed by atoms with Crippen LogP contribution >= 0.6 is 11.5 Å². The third-order valence-corrected chi connectivity index (χ3v) is 3.84. The second kappa shape index (κ2) is 4.05. The first kappa shape index (κ1) is 10.6. The normalized spacial score (nSPS) is 24.2. The summed E-state index contributed by atoms with van der Waals surface area (Å²) in [7, 11) is 0. The molecule has 1 saturated heterocycles. The third kappa shape index (κ3) is 1.89. The van der Waals surface area contributed by atoms with Gasteiger partial charge in [-0.3, -0.25) is 4.79 Å². The van der Waals surface area contributed by atoms with Crippen LogP contribution in [0.25, 0.3) is 10.2 Å². The molecule has 1 aliphatic rings. The lowest BCUT2D eigenvalue weighted by atomic mass is 10.0. The minimum absolute atomic E-state index is 0.127. The van der Waals surface area contributed by atoms with E-state index in [0.717, 1.165) is 15.8 Å². The van der Waals surface area contributed by atoms with Gasteiger partial charge in [-0.2, -0.15) is 0 Å². The Hall–Kier alpha value is -1.53. The zero-order valence-corrected chi connectivity index (χ0v) is 9.78. The second-order valence-corrected chi connectivity index (χ2v) is 5.02. The van der Waals surface area contributed by atoms with Gasteiger partial charge in [0.1, 0.15) is 5.52 Å². The Labute approximate surface area is 102 Å². The van der Waals surface area contributed by atoms with Crippen LogP contribution in [0.15, 0.2) is 18.2 Å². The van der Waals surface area contributed by atoms with Gasteiger partial charge in [0, 0.05) is 12.6 Å². The molecule has 2 unspecified atom stereocenters. The Balaban J connectivity index is 1.87. The lowest BCUT2D eigenvalue weighted by Gasteiger charge is -2.09. The fourth-order valence-corrected chi connectivity index (χ4v) is 2.80. The van der Waals surface area contributed by atoms with Crippen LogP contribution in [0.2, 0.25) is 0 Å². The number of rotatable bonds is 2. The number of carbonyl (C=O) groups is 1. The molecular formula is C11H11N3O2S. The van der Waals surface area contributed by atoms with Gasteiger partial charge in [-0.15, -0.1) is 5.10 Å². The number of nitrogens with zero attached hydrogens (tertiary/aromatic N) is 2. The molecule has 17 heavy (non-hydrogen) atoms. The summed E-state index contributed by atoms with van der Waals surface area (Å²) in [6.07, 6.45) is 0.646. The van der Waals surface area contributed by atoms with Crippen molar-refractivity contribution >= 4 is 27.7 Å². The number of carboxylic acid groups (broad SMARTS) is 1. The van der Waals surface area contributed by atoms with Crippen LogP contribution in [-0.4, -0.2) is 27.2 Å². The van der Waals surface area contributed by atoms with E-state index in [1.807, 2.05) is 18.2 Å². The van der Waals surface area contributed by atoms with E-state index in [1.165, 1.54) is 11.5 Å². The summed E-state index contributed by atoms with van der Waals surface area (Å²) >= 11 is 1.36. The molecule has 2 heterocycles. The number of fused-ring (bicyclic) bond motifs is 1. The maximum Gasteiger partial charge on any atom is 0.307 e. The molecule has 3 rings (SSSR count). The molecule has 0 saturated carbocycles. The van der Waals surface area contributed by atoms with E-state index >= 15 is 0 Å². The molecule has 0 bridgehead atoms. The Morgan fingerprint density at radius 3 is 3.18 bits per heavy atom. The Morgan fingerprint density at radius 1 is 1.53 bits per heavy atom. The van der Waals surface area contributed by atoms with E-state index in [1.54, 1.807) is 0 Å². The van der Waals surface area contributed by atoms with Gasteiger partial charge in [0.25, 0.3) is 0 Å². The molecule has 6 heteroatoms. The highest BCUT2D eigenvalue weighted by Gasteiger charge is 2.30. The van der Waals surface area contributed by atoms with Crippen molar-refractivity contribution in [3.8, 4) is 0 Å². The van der Waals surface area contributed by atoms with Gasteiger partial charge >= 0.3 is 5.97 Å². The predicted molar refractivity (Wildman–Crippen MR) is 63.9 cm³/mol. The summed E-state index contributed by atoms with van der Waals surface area (Å²) in [4.78, 5) is 10.9. The highest BCUT2D eigenvalue weighted by molar-refractivity contribution is 7.12. The summed E-state index contributed by atoms with van der Waals surface area (Å²) in [6, 6.07) is 6.10. The van der Waals surface area contributed by atoms with Crippen LogP contribution in [0.4, 0.5) is 0 Å². The first-order valence-electron chi connectivity index (χ1n) is 5.42. The molecule has 1 fully saturated rings. The topological polar surface area (TPSA) is 75.1 Å². The molecule has 2 N–H and O–H groups in total. The van der Waals surface area contributed by atoms with Gasteiger partial charge in [0.15, 0.2) is 0 Å². The van der Waals surface area contributed by atoms with Crippen molar-refractivity contribution in [2.75, 3.05) is 6.54 Å². The molecule has 0 amide bonds. The van der Waals surface area contributed by atoms with Gasteiger partial charge in [-0.1, -0.05) is 10.6 Å². The van der Waals surface area contributed by atoms with Crippen LogP contribution in [0, 0.1) is 5.92 Å². The lowest BCUT2D eigenvalue weighted by molar-refractivity contribution is -0.141. The molecule has 1 aromatic heterocycles. The summed E-state index contributed by atoms with van der Waals surface area (Å²) in [6.45, 7) is 0.541. The van der Waals surface area contributed by atoms with E-state index < -0.39 is 5.97 Å². The largest absolute Gasteiger partial charge is 0.481 e.